The van der Waals surface area contributed by atoms with E-state index in [1.807, 2.05) is 36.4 Å². The fraction of sp³-hybridized carbons (Fsp3) is 0. The molecule has 0 unspecified atom stereocenters. The van der Waals surface area contributed by atoms with Crippen molar-refractivity contribution in [3.63, 3.8) is 0 Å². The second-order valence-electron chi connectivity index (χ2n) is 5.74. The lowest BCUT2D eigenvalue weighted by atomic mass is 10.1. The number of benzene rings is 3. The van der Waals surface area contributed by atoms with Gasteiger partial charge in [-0.25, -0.2) is 0 Å². The van der Waals surface area contributed by atoms with Crippen LogP contribution in [-0.2, 0) is 0 Å². The van der Waals surface area contributed by atoms with Crippen LogP contribution in [0.1, 0.15) is 20.7 Å². The molecule has 1 amide bonds. The Bertz CT molecular complexity index is 953. The number of hydrogen-bond donors (Lipinski definition) is 2. The first kappa shape index (κ1) is 18.6. The molecule has 0 aliphatic heterocycles. The standard InChI is InChI=1S/C22H17BrN2O2/c23-18-11-13-19(14-12-18)24-21(15-20(26)16-7-3-1-4-8-16)25-22(27)17-9-5-2-6-10-17/h1-15,24H,(H,25,27)/b21-15+. The van der Waals surface area contributed by atoms with Gasteiger partial charge < -0.3 is 10.6 Å². The summed E-state index contributed by atoms with van der Waals surface area (Å²) in [5.74, 6) is -0.198. The van der Waals surface area contributed by atoms with Crippen LogP contribution in [-0.4, -0.2) is 11.7 Å². The van der Waals surface area contributed by atoms with Gasteiger partial charge in [-0.1, -0.05) is 64.5 Å². The Labute approximate surface area is 166 Å². The van der Waals surface area contributed by atoms with E-state index < -0.39 is 0 Å². The van der Waals surface area contributed by atoms with E-state index in [1.165, 1.54) is 6.08 Å². The minimum atomic E-state index is -0.299. The van der Waals surface area contributed by atoms with Gasteiger partial charge >= 0.3 is 0 Å². The molecule has 27 heavy (non-hydrogen) atoms. The molecule has 5 heteroatoms. The number of amides is 1. The van der Waals surface area contributed by atoms with E-state index in [0.29, 0.717) is 16.9 Å². The zero-order valence-corrected chi connectivity index (χ0v) is 15.9. The number of carbonyl (C=O) groups is 2. The summed E-state index contributed by atoms with van der Waals surface area (Å²) in [4.78, 5) is 25.0. The Kier molecular flexibility index (Phi) is 6.18. The highest BCUT2D eigenvalue weighted by atomic mass is 79.9. The van der Waals surface area contributed by atoms with E-state index in [1.54, 1.807) is 48.5 Å². The highest BCUT2D eigenvalue weighted by Gasteiger charge is 2.10. The van der Waals surface area contributed by atoms with E-state index in [-0.39, 0.29) is 11.7 Å². The average molecular weight is 421 g/mol. The molecule has 0 radical (unpaired) electrons. The molecule has 0 atom stereocenters. The van der Waals surface area contributed by atoms with E-state index >= 15 is 0 Å². The third-order valence-corrected chi connectivity index (χ3v) is 4.27. The molecule has 0 saturated heterocycles. The third-order valence-electron chi connectivity index (χ3n) is 3.74. The highest BCUT2D eigenvalue weighted by molar-refractivity contribution is 9.10. The van der Waals surface area contributed by atoms with Crippen LogP contribution in [0.15, 0.2) is 101 Å². The summed E-state index contributed by atoms with van der Waals surface area (Å²) in [5, 5.41) is 5.87. The zero-order chi connectivity index (χ0) is 19.1. The maximum Gasteiger partial charge on any atom is 0.256 e. The number of halogens is 1. The van der Waals surface area contributed by atoms with E-state index in [2.05, 4.69) is 26.6 Å². The lowest BCUT2D eigenvalue weighted by Gasteiger charge is -2.13. The molecule has 0 aliphatic rings. The van der Waals surface area contributed by atoms with Gasteiger partial charge in [0, 0.05) is 27.4 Å². The van der Waals surface area contributed by atoms with Crippen molar-refractivity contribution in [2.24, 2.45) is 0 Å². The van der Waals surface area contributed by atoms with Gasteiger partial charge in [0.05, 0.1) is 0 Å². The molecule has 3 aromatic carbocycles. The van der Waals surface area contributed by atoms with Gasteiger partial charge in [-0.2, -0.15) is 0 Å². The van der Waals surface area contributed by atoms with Gasteiger partial charge in [-0.05, 0) is 36.4 Å². The SMILES string of the molecule is O=C(/C=C(/NC(=O)c1ccccc1)Nc1ccc(Br)cc1)c1ccccc1. The van der Waals surface area contributed by atoms with Crippen LogP contribution in [0.3, 0.4) is 0 Å². The average Bonchev–Trinajstić information content (AvgIpc) is 2.71. The molecule has 134 valence electrons. The van der Waals surface area contributed by atoms with Crippen molar-refractivity contribution in [1.82, 2.24) is 5.32 Å². The summed E-state index contributed by atoms with van der Waals surface area (Å²) in [7, 11) is 0. The minimum absolute atomic E-state index is 0.205. The Morgan fingerprint density at radius 3 is 1.89 bits per heavy atom. The predicted octanol–water partition coefficient (Wildman–Crippen LogP) is 5.02. The molecule has 2 N–H and O–H groups in total. The molecule has 0 spiro atoms. The molecule has 0 fully saturated rings. The first-order chi connectivity index (χ1) is 13.1. The number of hydrogen-bond acceptors (Lipinski definition) is 3. The van der Waals surface area contributed by atoms with Crippen molar-refractivity contribution in [2.75, 3.05) is 5.32 Å². The molecule has 0 heterocycles. The zero-order valence-electron chi connectivity index (χ0n) is 14.4. The fourth-order valence-corrected chi connectivity index (χ4v) is 2.66. The largest absolute Gasteiger partial charge is 0.342 e. The lowest BCUT2D eigenvalue weighted by Crippen LogP contribution is -2.27. The van der Waals surface area contributed by atoms with Crippen LogP contribution in [0.2, 0.25) is 0 Å². The summed E-state index contributed by atoms with van der Waals surface area (Å²) in [6.07, 6.45) is 1.39. The van der Waals surface area contributed by atoms with E-state index in [0.717, 1.165) is 10.2 Å². The molecule has 0 aromatic heterocycles. The van der Waals surface area contributed by atoms with Crippen LogP contribution >= 0.6 is 15.9 Å². The topological polar surface area (TPSA) is 58.2 Å². The Hall–Kier alpha value is -3.18. The van der Waals surface area contributed by atoms with Crippen molar-refractivity contribution in [3.05, 3.63) is 112 Å². The summed E-state index contributed by atoms with van der Waals surface area (Å²) in [6.45, 7) is 0. The first-order valence-corrected chi connectivity index (χ1v) is 9.11. The molecule has 3 rings (SSSR count). The van der Waals surface area contributed by atoms with Gasteiger partial charge in [0.25, 0.3) is 5.91 Å². The van der Waals surface area contributed by atoms with Gasteiger partial charge in [0.15, 0.2) is 5.78 Å². The second-order valence-corrected chi connectivity index (χ2v) is 6.66. The van der Waals surface area contributed by atoms with Crippen molar-refractivity contribution in [1.29, 1.82) is 0 Å². The van der Waals surface area contributed by atoms with Gasteiger partial charge in [0.2, 0.25) is 0 Å². The van der Waals surface area contributed by atoms with Crippen molar-refractivity contribution < 1.29 is 9.59 Å². The number of nitrogens with one attached hydrogen (secondary N) is 2. The number of ketones is 1. The first-order valence-electron chi connectivity index (χ1n) is 8.32. The number of anilines is 1. The van der Waals surface area contributed by atoms with Crippen LogP contribution < -0.4 is 10.6 Å². The number of allylic oxidation sites excluding steroid dienone is 1. The maximum absolute atomic E-state index is 12.5. The van der Waals surface area contributed by atoms with Crippen LogP contribution in [0, 0.1) is 0 Å². The van der Waals surface area contributed by atoms with Gasteiger partial charge in [-0.3, -0.25) is 9.59 Å². The highest BCUT2D eigenvalue weighted by Crippen LogP contribution is 2.16. The summed E-state index contributed by atoms with van der Waals surface area (Å²) >= 11 is 3.39. The molecular weight excluding hydrogens is 404 g/mol. The summed E-state index contributed by atoms with van der Waals surface area (Å²) < 4.78 is 0.937. The molecule has 0 saturated carbocycles. The second kappa shape index (κ2) is 8.96. The normalized spacial score (nSPS) is 10.9. The molecular formula is C22H17BrN2O2. The van der Waals surface area contributed by atoms with Gasteiger partial charge in [0.1, 0.15) is 5.82 Å². The van der Waals surface area contributed by atoms with E-state index in [9.17, 15) is 9.59 Å². The molecule has 4 nitrogen and oxygen atoms in total. The van der Waals surface area contributed by atoms with Crippen LogP contribution in [0.25, 0.3) is 0 Å². The van der Waals surface area contributed by atoms with E-state index in [4.69, 9.17) is 0 Å². The maximum atomic E-state index is 12.5. The van der Waals surface area contributed by atoms with Crippen LogP contribution in [0.4, 0.5) is 5.69 Å². The summed E-state index contributed by atoms with van der Waals surface area (Å²) in [6, 6.07) is 25.2. The Balaban J connectivity index is 1.85. The number of rotatable bonds is 6. The third kappa shape index (κ3) is 5.39. The molecule has 0 bridgehead atoms. The van der Waals surface area contributed by atoms with Gasteiger partial charge in [-0.15, -0.1) is 0 Å². The van der Waals surface area contributed by atoms with Crippen molar-refractivity contribution >= 4 is 33.3 Å². The van der Waals surface area contributed by atoms with Crippen molar-refractivity contribution in [2.45, 2.75) is 0 Å². The molecule has 3 aromatic rings. The molecule has 0 aliphatic carbocycles. The Morgan fingerprint density at radius 1 is 0.741 bits per heavy atom. The van der Waals surface area contributed by atoms with Crippen molar-refractivity contribution in [3.8, 4) is 0 Å². The quantitative estimate of drug-likeness (QED) is 0.434. The monoisotopic (exact) mass is 420 g/mol. The smallest absolute Gasteiger partial charge is 0.256 e. The fourth-order valence-electron chi connectivity index (χ4n) is 2.39. The predicted molar refractivity (Wildman–Crippen MR) is 111 cm³/mol. The van der Waals surface area contributed by atoms with Crippen LogP contribution in [0.5, 0.6) is 0 Å². The lowest BCUT2D eigenvalue weighted by molar-refractivity contribution is 0.0966. The summed E-state index contributed by atoms with van der Waals surface area (Å²) in [5.41, 5.74) is 1.80. The Morgan fingerprint density at radius 2 is 1.30 bits per heavy atom. The minimum Gasteiger partial charge on any atom is -0.342 e. The number of carbonyl (C=O) groups excluding carboxylic acids is 2.